The van der Waals surface area contributed by atoms with Gasteiger partial charge < -0.3 is 9.26 Å². The molecule has 1 aliphatic heterocycles. The third kappa shape index (κ3) is 3.41. The van der Waals surface area contributed by atoms with Gasteiger partial charge in [-0.05, 0) is 37.0 Å². The van der Waals surface area contributed by atoms with Gasteiger partial charge in [-0.3, -0.25) is 0 Å². The summed E-state index contributed by atoms with van der Waals surface area (Å²) >= 11 is 6.10. The first-order chi connectivity index (χ1) is 11.8. The van der Waals surface area contributed by atoms with Crippen LogP contribution in [-0.2, 0) is 10.0 Å². The van der Waals surface area contributed by atoms with Gasteiger partial charge in [-0.2, -0.15) is 4.31 Å². The van der Waals surface area contributed by atoms with E-state index in [9.17, 15) is 8.42 Å². The molecular formula is C17H21ClN2O4S. The van der Waals surface area contributed by atoms with Crippen molar-refractivity contribution in [1.29, 1.82) is 0 Å². The van der Waals surface area contributed by atoms with Crippen LogP contribution in [-0.4, -0.2) is 31.5 Å². The number of ether oxygens (including phenoxy) is 1. The Kier molecular flexibility index (Phi) is 5.09. The summed E-state index contributed by atoms with van der Waals surface area (Å²) in [6.45, 7) is 4.47. The summed E-state index contributed by atoms with van der Waals surface area (Å²) in [5.74, 6) is 1.25. The zero-order valence-corrected chi connectivity index (χ0v) is 16.0. The van der Waals surface area contributed by atoms with Gasteiger partial charge in [0.1, 0.15) is 5.75 Å². The lowest BCUT2D eigenvalue weighted by molar-refractivity contribution is 0.295. The van der Waals surface area contributed by atoms with E-state index in [1.807, 2.05) is 19.9 Å². The lowest BCUT2D eigenvalue weighted by Crippen LogP contribution is -2.30. The highest BCUT2D eigenvalue weighted by molar-refractivity contribution is 7.89. The molecule has 2 heterocycles. The predicted octanol–water partition coefficient (Wildman–Crippen LogP) is 3.99. The monoisotopic (exact) mass is 384 g/mol. The van der Waals surface area contributed by atoms with Crippen LogP contribution in [0.15, 0.2) is 33.7 Å². The minimum Gasteiger partial charge on any atom is -0.495 e. The van der Waals surface area contributed by atoms with E-state index in [0.717, 1.165) is 12.1 Å². The molecule has 6 nitrogen and oxygen atoms in total. The van der Waals surface area contributed by atoms with E-state index in [4.69, 9.17) is 20.9 Å². The van der Waals surface area contributed by atoms with E-state index in [1.165, 1.54) is 23.5 Å². The highest BCUT2D eigenvalue weighted by Crippen LogP contribution is 2.38. The van der Waals surface area contributed by atoms with Gasteiger partial charge in [0.05, 0.1) is 28.8 Å². The van der Waals surface area contributed by atoms with Crippen molar-refractivity contribution in [3.63, 3.8) is 0 Å². The number of hydrogen-bond donors (Lipinski definition) is 0. The summed E-state index contributed by atoms with van der Waals surface area (Å²) in [6.07, 6.45) is 1.47. The quantitative estimate of drug-likeness (QED) is 0.779. The smallest absolute Gasteiger partial charge is 0.243 e. The van der Waals surface area contributed by atoms with Crippen molar-refractivity contribution in [2.75, 3.05) is 13.7 Å². The van der Waals surface area contributed by atoms with Gasteiger partial charge in [0.2, 0.25) is 10.0 Å². The van der Waals surface area contributed by atoms with Crippen molar-refractivity contribution in [2.24, 2.45) is 0 Å². The third-order valence-corrected chi connectivity index (χ3v) is 6.60. The third-order valence-electron chi connectivity index (χ3n) is 4.40. The molecule has 25 heavy (non-hydrogen) atoms. The van der Waals surface area contributed by atoms with Gasteiger partial charge in [0.25, 0.3) is 0 Å². The van der Waals surface area contributed by atoms with Gasteiger partial charge in [0, 0.05) is 12.6 Å². The first-order valence-electron chi connectivity index (χ1n) is 8.16. The van der Waals surface area contributed by atoms with Gasteiger partial charge in [-0.1, -0.05) is 30.6 Å². The molecule has 0 saturated carbocycles. The van der Waals surface area contributed by atoms with Crippen molar-refractivity contribution in [3.05, 3.63) is 40.7 Å². The number of halogens is 1. The lowest BCUT2D eigenvalue weighted by Gasteiger charge is -2.22. The summed E-state index contributed by atoms with van der Waals surface area (Å²) in [5.41, 5.74) is 0.826. The topological polar surface area (TPSA) is 72.6 Å². The molecule has 0 N–H and O–H groups in total. The number of rotatable bonds is 5. The number of methoxy groups -OCH3 is 1. The van der Waals surface area contributed by atoms with Crippen LogP contribution in [0.1, 0.15) is 50.1 Å². The molecule has 0 aliphatic carbocycles. The van der Waals surface area contributed by atoms with Crippen molar-refractivity contribution in [1.82, 2.24) is 9.46 Å². The maximum atomic E-state index is 13.1. The summed E-state index contributed by atoms with van der Waals surface area (Å²) in [6, 6.07) is 6.00. The van der Waals surface area contributed by atoms with E-state index in [1.54, 1.807) is 6.07 Å². The molecule has 0 bridgehead atoms. The normalized spacial score (nSPS) is 18.8. The van der Waals surface area contributed by atoms with Crippen LogP contribution in [0.5, 0.6) is 5.75 Å². The van der Waals surface area contributed by atoms with Crippen molar-refractivity contribution >= 4 is 21.6 Å². The van der Waals surface area contributed by atoms with E-state index in [2.05, 4.69) is 5.16 Å². The SMILES string of the molecule is COc1ccc(S(=O)(=O)N2CCC[C@@H]2c2cc(C(C)C)no2)cc1Cl. The molecule has 1 aromatic heterocycles. The highest BCUT2D eigenvalue weighted by atomic mass is 35.5. The first kappa shape index (κ1) is 18.2. The minimum absolute atomic E-state index is 0.147. The fourth-order valence-electron chi connectivity index (χ4n) is 2.99. The van der Waals surface area contributed by atoms with Crippen molar-refractivity contribution in [2.45, 2.75) is 43.5 Å². The van der Waals surface area contributed by atoms with Crippen LogP contribution in [0, 0.1) is 0 Å². The van der Waals surface area contributed by atoms with E-state index >= 15 is 0 Å². The Hall–Kier alpha value is -1.57. The predicted molar refractivity (Wildman–Crippen MR) is 94.5 cm³/mol. The van der Waals surface area contributed by atoms with Gasteiger partial charge in [-0.25, -0.2) is 8.42 Å². The molecule has 1 saturated heterocycles. The zero-order chi connectivity index (χ0) is 18.2. The molecule has 3 rings (SSSR count). The van der Waals surface area contributed by atoms with Gasteiger partial charge >= 0.3 is 0 Å². The fraction of sp³-hybridized carbons (Fsp3) is 0.471. The molecule has 8 heteroatoms. The Morgan fingerprint density at radius 1 is 1.36 bits per heavy atom. The van der Waals surface area contributed by atoms with E-state index in [-0.39, 0.29) is 21.9 Å². The minimum atomic E-state index is -3.69. The summed E-state index contributed by atoms with van der Waals surface area (Å²) in [5, 5.41) is 4.32. The number of sulfonamides is 1. The Labute approximate surface area is 152 Å². The molecular weight excluding hydrogens is 364 g/mol. The lowest BCUT2D eigenvalue weighted by atomic mass is 10.1. The Bertz CT molecular complexity index is 863. The molecule has 2 aromatic rings. The molecule has 0 amide bonds. The molecule has 1 fully saturated rings. The van der Waals surface area contributed by atoms with Crippen LogP contribution in [0.2, 0.25) is 5.02 Å². The average molecular weight is 385 g/mol. The number of nitrogens with zero attached hydrogens (tertiary/aromatic N) is 2. The maximum Gasteiger partial charge on any atom is 0.243 e. The zero-order valence-electron chi connectivity index (χ0n) is 14.4. The molecule has 136 valence electrons. The first-order valence-corrected chi connectivity index (χ1v) is 9.98. The Morgan fingerprint density at radius 3 is 2.72 bits per heavy atom. The summed E-state index contributed by atoms with van der Waals surface area (Å²) in [7, 11) is -2.20. The molecule has 0 spiro atoms. The van der Waals surface area contributed by atoms with Crippen LogP contribution in [0.3, 0.4) is 0 Å². The molecule has 1 aliphatic rings. The van der Waals surface area contributed by atoms with Gasteiger partial charge in [-0.15, -0.1) is 0 Å². The molecule has 1 aromatic carbocycles. The van der Waals surface area contributed by atoms with Crippen molar-refractivity contribution in [3.8, 4) is 5.75 Å². The maximum absolute atomic E-state index is 13.1. The second kappa shape index (κ2) is 6.97. The largest absolute Gasteiger partial charge is 0.495 e. The van der Waals surface area contributed by atoms with Crippen LogP contribution >= 0.6 is 11.6 Å². The van der Waals surface area contributed by atoms with E-state index in [0.29, 0.717) is 24.5 Å². The number of benzene rings is 1. The second-order valence-corrected chi connectivity index (χ2v) is 8.68. The summed E-state index contributed by atoms with van der Waals surface area (Å²) < 4.78 is 38.1. The van der Waals surface area contributed by atoms with Crippen LogP contribution < -0.4 is 4.74 Å². The number of aromatic nitrogens is 1. The Balaban J connectivity index is 1.93. The van der Waals surface area contributed by atoms with Crippen LogP contribution in [0.4, 0.5) is 0 Å². The average Bonchev–Trinajstić information content (AvgIpc) is 3.23. The van der Waals surface area contributed by atoms with Crippen molar-refractivity contribution < 1.29 is 17.7 Å². The molecule has 1 atom stereocenters. The Morgan fingerprint density at radius 2 is 2.12 bits per heavy atom. The fourth-order valence-corrected chi connectivity index (χ4v) is 5.00. The van der Waals surface area contributed by atoms with Crippen LogP contribution in [0.25, 0.3) is 0 Å². The second-order valence-electron chi connectivity index (χ2n) is 6.38. The highest BCUT2D eigenvalue weighted by Gasteiger charge is 2.38. The summed E-state index contributed by atoms with van der Waals surface area (Å²) in [4.78, 5) is 0.147. The number of hydrogen-bond acceptors (Lipinski definition) is 5. The van der Waals surface area contributed by atoms with Gasteiger partial charge in [0.15, 0.2) is 5.76 Å². The molecule has 0 radical (unpaired) electrons. The molecule has 0 unspecified atom stereocenters. The standard InChI is InChI=1S/C17H21ClN2O4S/c1-11(2)14-10-17(24-19-14)15-5-4-8-20(15)25(21,22)12-6-7-16(23-3)13(18)9-12/h6-7,9-11,15H,4-5,8H2,1-3H3/t15-/m1/s1. The van der Waals surface area contributed by atoms with E-state index < -0.39 is 10.0 Å².